The summed E-state index contributed by atoms with van der Waals surface area (Å²) in [6, 6.07) is 2.32. The minimum absolute atomic E-state index is 0.0702. The third-order valence-electron chi connectivity index (χ3n) is 3.96. The quantitative estimate of drug-likeness (QED) is 0.691. The van der Waals surface area contributed by atoms with Crippen LogP contribution in [0.25, 0.3) is 0 Å². The van der Waals surface area contributed by atoms with Crippen LogP contribution in [0.4, 0.5) is 0 Å². The topological polar surface area (TPSA) is 53.2 Å². The molecule has 0 amide bonds. The highest BCUT2D eigenvalue weighted by molar-refractivity contribution is 5.19. The Hall–Kier alpha value is -0.590. The molecule has 3 nitrogen and oxygen atoms in total. The van der Waals surface area contributed by atoms with Crippen molar-refractivity contribution < 1.29 is 9.84 Å². The summed E-state index contributed by atoms with van der Waals surface area (Å²) >= 11 is 0. The van der Waals surface area contributed by atoms with Crippen LogP contribution in [0.2, 0.25) is 0 Å². The zero-order valence-electron chi connectivity index (χ0n) is 8.79. The van der Waals surface area contributed by atoms with Gasteiger partial charge < -0.3 is 9.84 Å². The average molecular weight is 195 g/mol. The van der Waals surface area contributed by atoms with Crippen molar-refractivity contribution in [2.45, 2.75) is 57.3 Å². The fourth-order valence-electron chi connectivity index (χ4n) is 2.87. The van der Waals surface area contributed by atoms with E-state index in [0.29, 0.717) is 6.42 Å². The minimum Gasteiger partial charge on any atom is -0.385 e. The van der Waals surface area contributed by atoms with Crippen LogP contribution in [0, 0.1) is 16.7 Å². The highest BCUT2D eigenvalue weighted by Crippen LogP contribution is 2.54. The van der Waals surface area contributed by atoms with Crippen LogP contribution < -0.4 is 0 Å². The Morgan fingerprint density at radius 3 is 2.36 bits per heavy atom. The zero-order chi connectivity index (χ0) is 10.4. The molecule has 0 spiro atoms. The average Bonchev–Trinajstić information content (AvgIpc) is 2.25. The molecule has 0 aromatic rings. The summed E-state index contributed by atoms with van der Waals surface area (Å²) < 4.78 is 5.56. The second-order valence-corrected chi connectivity index (χ2v) is 4.76. The molecule has 0 radical (unpaired) electrons. The van der Waals surface area contributed by atoms with E-state index in [2.05, 4.69) is 6.07 Å². The van der Waals surface area contributed by atoms with E-state index in [1.54, 1.807) is 0 Å². The summed E-state index contributed by atoms with van der Waals surface area (Å²) in [5, 5.41) is 19.8. The van der Waals surface area contributed by atoms with Crippen molar-refractivity contribution >= 4 is 0 Å². The van der Waals surface area contributed by atoms with Crippen LogP contribution in [-0.2, 0) is 4.74 Å². The molecular weight excluding hydrogens is 178 g/mol. The largest absolute Gasteiger partial charge is 0.385 e. The summed E-state index contributed by atoms with van der Waals surface area (Å²) in [7, 11) is 0. The lowest BCUT2D eigenvalue weighted by Crippen LogP contribution is -2.55. The van der Waals surface area contributed by atoms with Crippen LogP contribution >= 0.6 is 0 Å². The predicted molar refractivity (Wildman–Crippen MR) is 51.5 cm³/mol. The maximum atomic E-state index is 10.6. The second-order valence-electron chi connectivity index (χ2n) is 4.76. The van der Waals surface area contributed by atoms with Gasteiger partial charge in [0, 0.05) is 6.42 Å². The van der Waals surface area contributed by atoms with Crippen molar-refractivity contribution in [2.24, 2.45) is 5.41 Å². The van der Waals surface area contributed by atoms with Crippen LogP contribution in [0.3, 0.4) is 0 Å². The van der Waals surface area contributed by atoms with Gasteiger partial charge in [-0.05, 0) is 26.7 Å². The van der Waals surface area contributed by atoms with Gasteiger partial charge in [-0.2, -0.15) is 5.26 Å². The van der Waals surface area contributed by atoms with Gasteiger partial charge in [0.1, 0.15) is 5.60 Å². The number of aliphatic hydroxyl groups is 1. The Labute approximate surface area is 84.7 Å². The SMILES string of the molecule is CC1CC(O)(C2(C#N)CCC2)C(C)O1. The molecule has 3 unspecified atom stereocenters. The van der Waals surface area contributed by atoms with Crippen molar-refractivity contribution in [1.82, 2.24) is 0 Å². The molecule has 1 saturated heterocycles. The molecule has 1 aliphatic carbocycles. The number of nitrogens with zero attached hydrogens (tertiary/aromatic N) is 1. The maximum absolute atomic E-state index is 10.6. The molecule has 3 atom stereocenters. The summed E-state index contributed by atoms with van der Waals surface area (Å²) in [4.78, 5) is 0. The third-order valence-corrected chi connectivity index (χ3v) is 3.96. The molecule has 2 aliphatic rings. The Morgan fingerprint density at radius 1 is 1.43 bits per heavy atom. The molecule has 3 heteroatoms. The van der Waals surface area contributed by atoms with E-state index in [1.807, 2.05) is 13.8 Å². The first-order valence-electron chi connectivity index (χ1n) is 5.33. The van der Waals surface area contributed by atoms with Gasteiger partial charge >= 0.3 is 0 Å². The lowest BCUT2D eigenvalue weighted by atomic mass is 9.57. The van der Waals surface area contributed by atoms with Gasteiger partial charge in [0.05, 0.1) is 23.7 Å². The minimum atomic E-state index is -0.917. The summed E-state index contributed by atoms with van der Waals surface area (Å²) in [6.07, 6.45) is 3.15. The van der Waals surface area contributed by atoms with E-state index in [1.165, 1.54) is 0 Å². The van der Waals surface area contributed by atoms with E-state index in [9.17, 15) is 10.4 Å². The molecule has 1 aliphatic heterocycles. The third kappa shape index (κ3) is 1.04. The Bertz CT molecular complexity index is 280. The first-order valence-corrected chi connectivity index (χ1v) is 5.33. The van der Waals surface area contributed by atoms with E-state index in [0.717, 1.165) is 19.3 Å². The summed E-state index contributed by atoms with van der Waals surface area (Å²) in [5.41, 5.74) is -1.45. The molecule has 2 rings (SSSR count). The highest BCUT2D eigenvalue weighted by Gasteiger charge is 2.61. The van der Waals surface area contributed by atoms with Crippen molar-refractivity contribution in [3.8, 4) is 6.07 Å². The number of ether oxygens (including phenoxy) is 1. The molecule has 0 aromatic heterocycles. The van der Waals surface area contributed by atoms with Gasteiger partial charge in [0.15, 0.2) is 0 Å². The molecular formula is C11H17NO2. The fraction of sp³-hybridized carbons (Fsp3) is 0.909. The van der Waals surface area contributed by atoms with Crippen LogP contribution in [0.15, 0.2) is 0 Å². The lowest BCUT2D eigenvalue weighted by molar-refractivity contribution is -0.128. The van der Waals surface area contributed by atoms with Crippen LogP contribution in [0.5, 0.6) is 0 Å². The van der Waals surface area contributed by atoms with Gasteiger partial charge in [-0.15, -0.1) is 0 Å². The normalized spacial score (nSPS) is 45.6. The van der Waals surface area contributed by atoms with Crippen molar-refractivity contribution in [3.63, 3.8) is 0 Å². The highest BCUT2D eigenvalue weighted by atomic mass is 16.5. The number of rotatable bonds is 1. The molecule has 0 aromatic carbocycles. The van der Waals surface area contributed by atoms with Gasteiger partial charge in [0.25, 0.3) is 0 Å². The lowest BCUT2D eigenvalue weighted by Gasteiger charge is -2.47. The molecule has 2 fully saturated rings. The maximum Gasteiger partial charge on any atom is 0.111 e. The molecule has 1 N–H and O–H groups in total. The number of nitriles is 1. The predicted octanol–water partition coefficient (Wildman–Crippen LogP) is 1.61. The van der Waals surface area contributed by atoms with E-state index >= 15 is 0 Å². The fourth-order valence-corrected chi connectivity index (χ4v) is 2.87. The number of hydrogen-bond donors (Lipinski definition) is 1. The van der Waals surface area contributed by atoms with Crippen LogP contribution in [-0.4, -0.2) is 22.9 Å². The van der Waals surface area contributed by atoms with Gasteiger partial charge in [-0.3, -0.25) is 0 Å². The molecule has 1 heterocycles. The van der Waals surface area contributed by atoms with Crippen molar-refractivity contribution in [3.05, 3.63) is 0 Å². The number of hydrogen-bond acceptors (Lipinski definition) is 3. The Morgan fingerprint density at radius 2 is 2.07 bits per heavy atom. The standard InChI is InChI=1S/C11H17NO2/c1-8-6-11(13,9(2)14-8)10(7-12)4-3-5-10/h8-9,13H,3-6H2,1-2H3. The van der Waals surface area contributed by atoms with Crippen molar-refractivity contribution in [1.29, 1.82) is 5.26 Å². The molecule has 14 heavy (non-hydrogen) atoms. The second kappa shape index (κ2) is 2.95. The Balaban J connectivity index is 2.27. The molecule has 0 bridgehead atoms. The zero-order valence-corrected chi connectivity index (χ0v) is 8.79. The Kier molecular flexibility index (Phi) is 2.09. The van der Waals surface area contributed by atoms with Gasteiger partial charge in [-0.25, -0.2) is 0 Å². The van der Waals surface area contributed by atoms with E-state index < -0.39 is 11.0 Å². The summed E-state index contributed by atoms with van der Waals surface area (Å²) in [6.45, 7) is 3.83. The first-order chi connectivity index (χ1) is 6.54. The smallest absolute Gasteiger partial charge is 0.111 e. The first kappa shape index (κ1) is 9.95. The summed E-state index contributed by atoms with van der Waals surface area (Å²) in [5.74, 6) is 0. The van der Waals surface area contributed by atoms with Crippen LogP contribution in [0.1, 0.15) is 39.5 Å². The van der Waals surface area contributed by atoms with Gasteiger partial charge in [-0.1, -0.05) is 6.42 Å². The van der Waals surface area contributed by atoms with Gasteiger partial charge in [0.2, 0.25) is 0 Å². The van der Waals surface area contributed by atoms with Crippen molar-refractivity contribution in [2.75, 3.05) is 0 Å². The van der Waals surface area contributed by atoms with E-state index in [-0.39, 0.29) is 12.2 Å². The van der Waals surface area contributed by atoms with E-state index in [4.69, 9.17) is 4.74 Å². The molecule has 1 saturated carbocycles. The molecule has 78 valence electrons. The monoisotopic (exact) mass is 195 g/mol.